The summed E-state index contributed by atoms with van der Waals surface area (Å²) in [4.78, 5) is 15.7. The molecule has 1 amide bonds. The fourth-order valence-corrected chi connectivity index (χ4v) is 1.69. The normalized spacial score (nSPS) is 10.5. The van der Waals surface area contributed by atoms with Crippen molar-refractivity contribution in [3.63, 3.8) is 0 Å². The molecule has 4 nitrogen and oxygen atoms in total. The van der Waals surface area contributed by atoms with E-state index in [9.17, 15) is 22.4 Å². The summed E-state index contributed by atoms with van der Waals surface area (Å²) in [5, 5.41) is 1.78. The number of hydrogen-bond acceptors (Lipinski definition) is 3. The molecule has 0 unspecified atom stereocenters. The number of hydrogen-bond donors (Lipinski definition) is 2. The molecule has 0 atom stereocenters. The van der Waals surface area contributed by atoms with E-state index < -0.39 is 34.9 Å². The van der Waals surface area contributed by atoms with Crippen molar-refractivity contribution in [2.24, 2.45) is 0 Å². The van der Waals surface area contributed by atoms with E-state index in [1.807, 2.05) is 0 Å². The molecule has 0 fully saturated rings. The number of aryl methyl sites for hydroxylation is 1. The minimum atomic E-state index is -1.69. The Balaban J connectivity index is 2.40. The summed E-state index contributed by atoms with van der Waals surface area (Å²) in [7, 11) is 0. The van der Waals surface area contributed by atoms with Crippen LogP contribution in [0.3, 0.4) is 0 Å². The van der Waals surface area contributed by atoms with Gasteiger partial charge >= 0.3 is 0 Å². The van der Waals surface area contributed by atoms with E-state index in [1.165, 1.54) is 6.07 Å². The first-order valence-corrected chi connectivity index (χ1v) is 5.68. The molecule has 0 saturated heterocycles. The molecular formula is C13H9F4N3O. The third-order valence-electron chi connectivity index (χ3n) is 2.59. The maximum atomic E-state index is 13.4. The number of nitrogen functional groups attached to an aromatic ring is 1. The second-order valence-electron chi connectivity index (χ2n) is 4.22. The van der Waals surface area contributed by atoms with Crippen molar-refractivity contribution in [3.8, 4) is 0 Å². The Labute approximate surface area is 116 Å². The molecule has 1 aromatic heterocycles. The molecule has 110 valence electrons. The van der Waals surface area contributed by atoms with Crippen LogP contribution in [-0.4, -0.2) is 10.9 Å². The predicted octanol–water partition coefficient (Wildman–Crippen LogP) is 2.78. The van der Waals surface area contributed by atoms with Gasteiger partial charge in [0, 0.05) is 17.3 Å². The van der Waals surface area contributed by atoms with Gasteiger partial charge in [-0.2, -0.15) is 0 Å². The SMILES string of the molecule is Cc1cc(C(=O)Nc2c(F)c(F)cc(F)c2F)cc(N)n1. The number of nitrogens with zero attached hydrogens (tertiary/aromatic N) is 1. The molecule has 2 aromatic rings. The number of aromatic nitrogens is 1. The molecule has 0 aliphatic rings. The minimum Gasteiger partial charge on any atom is -0.384 e. The number of carbonyl (C=O) groups is 1. The third kappa shape index (κ3) is 2.93. The van der Waals surface area contributed by atoms with Crippen LogP contribution in [0.2, 0.25) is 0 Å². The lowest BCUT2D eigenvalue weighted by Crippen LogP contribution is -2.16. The average Bonchev–Trinajstić information content (AvgIpc) is 2.40. The van der Waals surface area contributed by atoms with E-state index >= 15 is 0 Å². The summed E-state index contributed by atoms with van der Waals surface area (Å²) < 4.78 is 53.0. The van der Waals surface area contributed by atoms with E-state index in [1.54, 1.807) is 12.2 Å². The second-order valence-corrected chi connectivity index (χ2v) is 4.22. The van der Waals surface area contributed by atoms with Gasteiger partial charge in [0.25, 0.3) is 5.91 Å². The van der Waals surface area contributed by atoms with Crippen LogP contribution in [-0.2, 0) is 0 Å². The first-order chi connectivity index (χ1) is 9.79. The summed E-state index contributed by atoms with van der Waals surface area (Å²) in [6.45, 7) is 1.55. The van der Waals surface area contributed by atoms with E-state index in [0.717, 1.165) is 6.07 Å². The van der Waals surface area contributed by atoms with Crippen molar-refractivity contribution in [1.29, 1.82) is 0 Å². The van der Waals surface area contributed by atoms with Gasteiger partial charge in [-0.15, -0.1) is 0 Å². The zero-order valence-electron chi connectivity index (χ0n) is 10.7. The van der Waals surface area contributed by atoms with Gasteiger partial charge in [0.1, 0.15) is 11.5 Å². The Bertz CT molecular complexity index is 687. The quantitative estimate of drug-likeness (QED) is 0.662. The van der Waals surface area contributed by atoms with Crippen molar-refractivity contribution < 1.29 is 22.4 Å². The highest BCUT2D eigenvalue weighted by molar-refractivity contribution is 6.04. The van der Waals surface area contributed by atoms with Gasteiger partial charge in [-0.1, -0.05) is 0 Å². The second kappa shape index (κ2) is 5.39. The number of pyridine rings is 1. The molecule has 2 rings (SSSR count). The maximum Gasteiger partial charge on any atom is 0.256 e. The van der Waals surface area contributed by atoms with E-state index in [-0.39, 0.29) is 17.4 Å². The molecule has 0 radical (unpaired) electrons. The molecule has 0 bridgehead atoms. The van der Waals surface area contributed by atoms with E-state index in [2.05, 4.69) is 4.98 Å². The number of nitrogens with one attached hydrogen (secondary N) is 1. The molecule has 0 aliphatic heterocycles. The Morgan fingerprint density at radius 1 is 1.10 bits per heavy atom. The van der Waals surface area contributed by atoms with Crippen LogP contribution in [0, 0.1) is 30.2 Å². The third-order valence-corrected chi connectivity index (χ3v) is 2.59. The van der Waals surface area contributed by atoms with Crippen molar-refractivity contribution in [2.75, 3.05) is 11.1 Å². The number of rotatable bonds is 2. The molecule has 1 heterocycles. The fraction of sp³-hybridized carbons (Fsp3) is 0.0769. The average molecular weight is 299 g/mol. The van der Waals surface area contributed by atoms with Crippen LogP contribution in [0.4, 0.5) is 29.1 Å². The van der Waals surface area contributed by atoms with Gasteiger partial charge in [-0.25, -0.2) is 22.5 Å². The molecular weight excluding hydrogens is 290 g/mol. The van der Waals surface area contributed by atoms with Gasteiger partial charge in [-0.05, 0) is 19.1 Å². The molecule has 0 saturated carbocycles. The van der Waals surface area contributed by atoms with Crippen molar-refractivity contribution in [1.82, 2.24) is 4.98 Å². The summed E-state index contributed by atoms with van der Waals surface area (Å²) in [6.07, 6.45) is 0. The highest BCUT2D eigenvalue weighted by Crippen LogP contribution is 2.24. The van der Waals surface area contributed by atoms with Crippen molar-refractivity contribution in [2.45, 2.75) is 6.92 Å². The molecule has 3 N–H and O–H groups in total. The zero-order chi connectivity index (χ0) is 15.7. The first kappa shape index (κ1) is 14.8. The number of nitrogens with two attached hydrogens (primary N) is 1. The van der Waals surface area contributed by atoms with Crippen LogP contribution in [0.5, 0.6) is 0 Å². The lowest BCUT2D eigenvalue weighted by Gasteiger charge is -2.09. The highest BCUT2D eigenvalue weighted by atomic mass is 19.2. The Morgan fingerprint density at radius 2 is 1.67 bits per heavy atom. The summed E-state index contributed by atoms with van der Waals surface area (Å²) in [5.41, 5.74) is 4.58. The van der Waals surface area contributed by atoms with Gasteiger partial charge < -0.3 is 11.1 Å². The highest BCUT2D eigenvalue weighted by Gasteiger charge is 2.21. The molecule has 8 heteroatoms. The lowest BCUT2D eigenvalue weighted by atomic mass is 10.2. The number of anilines is 2. The van der Waals surface area contributed by atoms with Gasteiger partial charge in [0.2, 0.25) is 0 Å². The van der Waals surface area contributed by atoms with Crippen LogP contribution >= 0.6 is 0 Å². The molecule has 0 spiro atoms. The number of halogens is 4. The predicted molar refractivity (Wildman–Crippen MR) is 67.6 cm³/mol. The topological polar surface area (TPSA) is 68.0 Å². The molecule has 21 heavy (non-hydrogen) atoms. The zero-order valence-corrected chi connectivity index (χ0v) is 10.7. The van der Waals surface area contributed by atoms with Crippen LogP contribution < -0.4 is 11.1 Å². The smallest absolute Gasteiger partial charge is 0.256 e. The van der Waals surface area contributed by atoms with Crippen LogP contribution in [0.15, 0.2) is 18.2 Å². The van der Waals surface area contributed by atoms with Crippen LogP contribution in [0.1, 0.15) is 16.1 Å². The number of carbonyl (C=O) groups excluding carboxylic acids is 1. The fourth-order valence-electron chi connectivity index (χ4n) is 1.69. The summed E-state index contributed by atoms with van der Waals surface area (Å²) in [5.74, 6) is -7.58. The maximum absolute atomic E-state index is 13.4. The minimum absolute atomic E-state index is 0.0199. The Hall–Kier alpha value is -2.64. The van der Waals surface area contributed by atoms with Gasteiger partial charge in [-0.3, -0.25) is 4.79 Å². The van der Waals surface area contributed by atoms with E-state index in [0.29, 0.717) is 5.69 Å². The monoisotopic (exact) mass is 299 g/mol. The Morgan fingerprint density at radius 3 is 2.19 bits per heavy atom. The van der Waals surface area contributed by atoms with Crippen molar-refractivity contribution in [3.05, 3.63) is 52.7 Å². The van der Waals surface area contributed by atoms with E-state index in [4.69, 9.17) is 5.73 Å². The van der Waals surface area contributed by atoms with Gasteiger partial charge in [0.05, 0.1) is 0 Å². The first-order valence-electron chi connectivity index (χ1n) is 5.68. The number of benzene rings is 1. The van der Waals surface area contributed by atoms with Crippen molar-refractivity contribution >= 4 is 17.4 Å². The molecule has 1 aromatic carbocycles. The van der Waals surface area contributed by atoms with Gasteiger partial charge in [0.15, 0.2) is 23.3 Å². The number of amides is 1. The lowest BCUT2D eigenvalue weighted by molar-refractivity contribution is 0.102. The Kier molecular flexibility index (Phi) is 3.79. The molecule has 0 aliphatic carbocycles. The van der Waals surface area contributed by atoms with Crippen LogP contribution in [0.25, 0.3) is 0 Å². The summed E-state index contributed by atoms with van der Waals surface area (Å²) in [6, 6.07) is 2.51. The standard InChI is InChI=1S/C13H9F4N3O/c1-5-2-6(3-9(18)19-5)13(21)20-12-10(16)7(14)4-8(15)11(12)17/h2-4H,1H3,(H2,18,19)(H,20,21). The summed E-state index contributed by atoms with van der Waals surface area (Å²) >= 11 is 0. The largest absolute Gasteiger partial charge is 0.384 e.